The van der Waals surface area contributed by atoms with Crippen LogP contribution in [-0.2, 0) is 0 Å². The summed E-state index contributed by atoms with van der Waals surface area (Å²) in [6.07, 6.45) is 0. The predicted octanol–water partition coefficient (Wildman–Crippen LogP) is 3.75. The fourth-order valence-electron chi connectivity index (χ4n) is 1.75. The van der Waals surface area contributed by atoms with Gasteiger partial charge in [-0.15, -0.1) is 0 Å². The van der Waals surface area contributed by atoms with Crippen molar-refractivity contribution in [3.63, 3.8) is 0 Å². The Morgan fingerprint density at radius 2 is 2.05 bits per heavy atom. The largest absolute Gasteiger partial charge is 0.305 e. The number of aryl methyl sites for hydroxylation is 1. The number of rotatable bonds is 3. The van der Waals surface area contributed by atoms with E-state index >= 15 is 0 Å². The lowest BCUT2D eigenvalue weighted by atomic mass is 10.1. The standard InChI is InChI=1S/C14H16ClN3O/c1-8(2)12-7-13(18-17-12)16-14(19)10-4-9(3)5-11(15)6-10/h4-8H,1-3H3,(H2,16,17,18,19). The van der Waals surface area contributed by atoms with Crippen LogP contribution in [0.2, 0.25) is 5.02 Å². The van der Waals surface area contributed by atoms with E-state index in [0.29, 0.717) is 22.3 Å². The maximum atomic E-state index is 12.1. The van der Waals surface area contributed by atoms with Crippen LogP contribution in [-0.4, -0.2) is 16.1 Å². The molecule has 0 bridgehead atoms. The first-order valence-corrected chi connectivity index (χ1v) is 6.47. The second-order valence-corrected chi connectivity index (χ2v) is 5.27. The fourth-order valence-corrected chi connectivity index (χ4v) is 2.04. The molecule has 2 N–H and O–H groups in total. The van der Waals surface area contributed by atoms with Gasteiger partial charge in [-0.25, -0.2) is 0 Å². The van der Waals surface area contributed by atoms with Gasteiger partial charge in [0, 0.05) is 22.3 Å². The summed E-state index contributed by atoms with van der Waals surface area (Å²) in [4.78, 5) is 12.1. The number of halogens is 1. The minimum Gasteiger partial charge on any atom is -0.305 e. The fraction of sp³-hybridized carbons (Fsp3) is 0.286. The molecular formula is C14H16ClN3O. The van der Waals surface area contributed by atoms with Crippen LogP contribution in [0.5, 0.6) is 0 Å². The van der Waals surface area contributed by atoms with Crippen molar-refractivity contribution in [1.82, 2.24) is 10.2 Å². The molecule has 2 aromatic rings. The van der Waals surface area contributed by atoms with Crippen molar-refractivity contribution >= 4 is 23.3 Å². The number of anilines is 1. The Morgan fingerprint density at radius 1 is 1.32 bits per heavy atom. The van der Waals surface area contributed by atoms with Crippen LogP contribution < -0.4 is 5.32 Å². The molecular weight excluding hydrogens is 262 g/mol. The number of hydrogen-bond donors (Lipinski definition) is 2. The first-order chi connectivity index (χ1) is 8.95. The molecule has 0 aliphatic heterocycles. The Kier molecular flexibility index (Phi) is 3.90. The smallest absolute Gasteiger partial charge is 0.256 e. The first kappa shape index (κ1) is 13.6. The molecule has 0 radical (unpaired) electrons. The number of aromatic amines is 1. The van der Waals surface area contributed by atoms with Crippen molar-refractivity contribution in [3.8, 4) is 0 Å². The van der Waals surface area contributed by atoms with Crippen molar-refractivity contribution in [2.75, 3.05) is 5.32 Å². The summed E-state index contributed by atoms with van der Waals surface area (Å²) < 4.78 is 0. The lowest BCUT2D eigenvalue weighted by Crippen LogP contribution is -2.12. The molecule has 0 saturated carbocycles. The third-order valence-electron chi connectivity index (χ3n) is 2.77. The third kappa shape index (κ3) is 3.35. The zero-order valence-electron chi connectivity index (χ0n) is 11.1. The van der Waals surface area contributed by atoms with Gasteiger partial charge >= 0.3 is 0 Å². The summed E-state index contributed by atoms with van der Waals surface area (Å²) in [6, 6.07) is 7.07. The van der Waals surface area contributed by atoms with Gasteiger partial charge in [0.15, 0.2) is 5.82 Å². The highest BCUT2D eigenvalue weighted by molar-refractivity contribution is 6.31. The van der Waals surface area contributed by atoms with Crippen molar-refractivity contribution < 1.29 is 4.79 Å². The summed E-state index contributed by atoms with van der Waals surface area (Å²) in [6.45, 7) is 6.01. The van der Waals surface area contributed by atoms with E-state index < -0.39 is 0 Å². The highest BCUT2D eigenvalue weighted by Gasteiger charge is 2.10. The van der Waals surface area contributed by atoms with Crippen LogP contribution in [0.3, 0.4) is 0 Å². The molecule has 1 aromatic heterocycles. The van der Waals surface area contributed by atoms with Gasteiger partial charge in [0.25, 0.3) is 5.91 Å². The van der Waals surface area contributed by atoms with E-state index in [1.165, 1.54) is 0 Å². The number of carbonyl (C=O) groups is 1. The Bertz CT molecular complexity index is 584. The average molecular weight is 278 g/mol. The maximum Gasteiger partial charge on any atom is 0.256 e. The number of aromatic nitrogens is 2. The number of amides is 1. The summed E-state index contributed by atoms with van der Waals surface area (Å²) in [7, 11) is 0. The molecule has 1 heterocycles. The number of H-pyrrole nitrogens is 1. The Labute approximate surface area is 117 Å². The van der Waals surface area contributed by atoms with Crippen LogP contribution in [0, 0.1) is 6.92 Å². The zero-order chi connectivity index (χ0) is 14.0. The first-order valence-electron chi connectivity index (χ1n) is 6.09. The van der Waals surface area contributed by atoms with E-state index in [4.69, 9.17) is 11.6 Å². The molecule has 0 unspecified atom stereocenters. The van der Waals surface area contributed by atoms with Gasteiger partial charge in [0.2, 0.25) is 0 Å². The lowest BCUT2D eigenvalue weighted by molar-refractivity contribution is 0.102. The van der Waals surface area contributed by atoms with Gasteiger partial charge in [0.1, 0.15) is 0 Å². The van der Waals surface area contributed by atoms with Crippen LogP contribution in [0.4, 0.5) is 5.82 Å². The van der Waals surface area contributed by atoms with Crippen LogP contribution in [0.1, 0.15) is 41.4 Å². The van der Waals surface area contributed by atoms with E-state index in [9.17, 15) is 4.79 Å². The average Bonchev–Trinajstić information content (AvgIpc) is 2.76. The number of benzene rings is 1. The predicted molar refractivity (Wildman–Crippen MR) is 76.8 cm³/mol. The minimum absolute atomic E-state index is 0.215. The van der Waals surface area contributed by atoms with Gasteiger partial charge < -0.3 is 5.32 Å². The Hall–Kier alpha value is -1.81. The second kappa shape index (κ2) is 5.45. The quantitative estimate of drug-likeness (QED) is 0.898. The van der Waals surface area contributed by atoms with Crippen LogP contribution >= 0.6 is 11.6 Å². The normalized spacial score (nSPS) is 10.8. The van der Waals surface area contributed by atoms with E-state index in [1.807, 2.05) is 19.1 Å². The van der Waals surface area contributed by atoms with Crippen molar-refractivity contribution in [3.05, 3.63) is 46.1 Å². The van der Waals surface area contributed by atoms with Crippen LogP contribution in [0.25, 0.3) is 0 Å². The lowest BCUT2D eigenvalue weighted by Gasteiger charge is -2.04. The van der Waals surface area contributed by atoms with Crippen molar-refractivity contribution in [1.29, 1.82) is 0 Å². The number of hydrogen-bond acceptors (Lipinski definition) is 2. The van der Waals surface area contributed by atoms with Gasteiger partial charge in [-0.3, -0.25) is 9.89 Å². The SMILES string of the molecule is Cc1cc(Cl)cc(C(=O)Nc2cc(C(C)C)[nH]n2)c1. The molecule has 5 heteroatoms. The summed E-state index contributed by atoms with van der Waals surface area (Å²) in [5.74, 6) is 0.644. The molecule has 19 heavy (non-hydrogen) atoms. The van der Waals surface area contributed by atoms with Gasteiger partial charge in [-0.05, 0) is 36.6 Å². The second-order valence-electron chi connectivity index (χ2n) is 4.83. The number of carbonyl (C=O) groups excluding carboxylic acids is 1. The van der Waals surface area contributed by atoms with Crippen molar-refractivity contribution in [2.24, 2.45) is 0 Å². The molecule has 0 saturated heterocycles. The van der Waals surface area contributed by atoms with Gasteiger partial charge in [0.05, 0.1) is 0 Å². The maximum absolute atomic E-state index is 12.1. The van der Waals surface area contributed by atoms with E-state index in [0.717, 1.165) is 11.3 Å². The van der Waals surface area contributed by atoms with Crippen LogP contribution in [0.15, 0.2) is 24.3 Å². The molecule has 0 atom stereocenters. The topological polar surface area (TPSA) is 57.8 Å². The third-order valence-corrected chi connectivity index (χ3v) is 2.98. The van der Waals surface area contributed by atoms with Crippen molar-refractivity contribution in [2.45, 2.75) is 26.7 Å². The molecule has 1 aromatic carbocycles. The summed E-state index contributed by atoms with van der Waals surface area (Å²) >= 11 is 5.94. The highest BCUT2D eigenvalue weighted by atomic mass is 35.5. The molecule has 2 rings (SSSR count). The monoisotopic (exact) mass is 277 g/mol. The minimum atomic E-state index is -0.215. The Balaban J connectivity index is 2.15. The molecule has 0 spiro atoms. The molecule has 0 aliphatic rings. The molecule has 1 amide bonds. The van der Waals surface area contributed by atoms with E-state index in [1.54, 1.807) is 12.1 Å². The number of nitrogens with zero attached hydrogens (tertiary/aromatic N) is 1. The summed E-state index contributed by atoms with van der Waals surface area (Å²) in [5.41, 5.74) is 2.46. The van der Waals surface area contributed by atoms with E-state index in [2.05, 4.69) is 29.4 Å². The highest BCUT2D eigenvalue weighted by Crippen LogP contribution is 2.18. The molecule has 0 aliphatic carbocycles. The van der Waals surface area contributed by atoms with E-state index in [-0.39, 0.29) is 5.91 Å². The Morgan fingerprint density at radius 3 is 2.63 bits per heavy atom. The number of nitrogens with one attached hydrogen (secondary N) is 2. The molecule has 100 valence electrons. The molecule has 0 fully saturated rings. The van der Waals surface area contributed by atoms with Gasteiger partial charge in [-0.1, -0.05) is 25.4 Å². The molecule has 4 nitrogen and oxygen atoms in total. The zero-order valence-corrected chi connectivity index (χ0v) is 11.9. The van der Waals surface area contributed by atoms with Gasteiger partial charge in [-0.2, -0.15) is 5.10 Å². The summed E-state index contributed by atoms with van der Waals surface area (Å²) in [5, 5.41) is 10.3.